The molecule has 4 rings (SSSR count). The molecule has 0 radical (unpaired) electrons. The number of pyridine rings is 1. The summed E-state index contributed by atoms with van der Waals surface area (Å²) in [7, 11) is 2.01. The largest absolute Gasteiger partial charge is 0.337 e. The van der Waals surface area contributed by atoms with Gasteiger partial charge in [-0.3, -0.25) is 14.3 Å². The first-order chi connectivity index (χ1) is 12.6. The molecule has 0 N–H and O–H groups in total. The Hall–Kier alpha value is -1.83. The Labute approximate surface area is 167 Å². The van der Waals surface area contributed by atoms with E-state index in [1.807, 2.05) is 48.9 Å². The third kappa shape index (κ3) is 3.04. The summed E-state index contributed by atoms with van der Waals surface area (Å²) in [5.74, 6) is 0. The van der Waals surface area contributed by atoms with Gasteiger partial charge in [-0.05, 0) is 43.3 Å². The zero-order chi connectivity index (χ0) is 18.3. The van der Waals surface area contributed by atoms with Crippen LogP contribution in [0, 0.1) is 0 Å². The van der Waals surface area contributed by atoms with Crippen molar-refractivity contribution in [3.63, 3.8) is 0 Å². The van der Waals surface area contributed by atoms with Crippen molar-refractivity contribution < 1.29 is 0 Å². The van der Waals surface area contributed by atoms with E-state index in [1.54, 1.807) is 18.0 Å². The smallest absolute Gasteiger partial charge is 0.271 e. The molecule has 1 aromatic carbocycles. The molecular formula is C19H16BrN3OS2. The van der Waals surface area contributed by atoms with Crippen molar-refractivity contribution in [2.45, 2.75) is 18.4 Å². The number of rotatable bonds is 2. The summed E-state index contributed by atoms with van der Waals surface area (Å²) >= 11 is 6.69. The SMILES string of the molecule is CCn1c(=O)/c(=C2\Sc3cc(Br)ccc3N2C)s/c1=C\c1ccccn1. The molecule has 1 aliphatic heterocycles. The highest BCUT2D eigenvalue weighted by Gasteiger charge is 2.24. The third-order valence-electron chi connectivity index (χ3n) is 4.18. The average Bonchev–Trinajstić information content (AvgIpc) is 3.12. The Morgan fingerprint density at radius 3 is 2.85 bits per heavy atom. The molecule has 1 aliphatic rings. The summed E-state index contributed by atoms with van der Waals surface area (Å²) in [4.78, 5) is 20.6. The molecule has 0 aliphatic carbocycles. The number of halogens is 1. The van der Waals surface area contributed by atoms with Gasteiger partial charge in [0.1, 0.15) is 14.2 Å². The quantitative estimate of drug-likeness (QED) is 0.606. The Morgan fingerprint density at radius 2 is 2.12 bits per heavy atom. The maximum absolute atomic E-state index is 13.0. The molecule has 3 aromatic rings. The number of anilines is 1. The van der Waals surface area contributed by atoms with Crippen LogP contribution in [0.1, 0.15) is 12.6 Å². The van der Waals surface area contributed by atoms with Crippen LogP contribution < -0.4 is 19.7 Å². The fourth-order valence-corrected chi connectivity index (χ4v) is 5.90. The van der Waals surface area contributed by atoms with Gasteiger partial charge in [-0.25, -0.2) is 0 Å². The van der Waals surface area contributed by atoms with Crippen molar-refractivity contribution in [2.24, 2.45) is 0 Å². The van der Waals surface area contributed by atoms with Gasteiger partial charge >= 0.3 is 0 Å². The van der Waals surface area contributed by atoms with Crippen molar-refractivity contribution in [3.8, 4) is 0 Å². The maximum Gasteiger partial charge on any atom is 0.271 e. The molecule has 0 bridgehead atoms. The van der Waals surface area contributed by atoms with Gasteiger partial charge in [-0.1, -0.05) is 33.8 Å². The Kier molecular flexibility index (Phi) is 4.77. The number of benzene rings is 1. The van der Waals surface area contributed by atoms with Crippen LogP contribution in [-0.2, 0) is 6.54 Å². The molecule has 26 heavy (non-hydrogen) atoms. The highest BCUT2D eigenvalue weighted by molar-refractivity contribution is 9.10. The van der Waals surface area contributed by atoms with Crippen LogP contribution in [0.3, 0.4) is 0 Å². The van der Waals surface area contributed by atoms with E-state index in [1.165, 1.54) is 11.3 Å². The second-order valence-electron chi connectivity index (χ2n) is 5.80. The first-order valence-electron chi connectivity index (χ1n) is 8.16. The molecule has 0 saturated carbocycles. The molecule has 3 heterocycles. The van der Waals surface area contributed by atoms with E-state index in [4.69, 9.17) is 0 Å². The van der Waals surface area contributed by atoms with Gasteiger partial charge in [-0.2, -0.15) is 0 Å². The normalized spacial score (nSPS) is 16.3. The van der Waals surface area contributed by atoms with E-state index in [-0.39, 0.29) is 5.56 Å². The molecule has 0 unspecified atom stereocenters. The van der Waals surface area contributed by atoms with Gasteiger partial charge in [0.25, 0.3) is 5.56 Å². The summed E-state index contributed by atoms with van der Waals surface area (Å²) in [5, 5.41) is 0.982. The van der Waals surface area contributed by atoms with Crippen LogP contribution in [0.15, 0.2) is 56.8 Å². The van der Waals surface area contributed by atoms with E-state index < -0.39 is 0 Å². The van der Waals surface area contributed by atoms with E-state index in [2.05, 4.69) is 37.9 Å². The summed E-state index contributed by atoms with van der Waals surface area (Å²) < 4.78 is 4.55. The number of fused-ring (bicyclic) bond motifs is 1. The molecule has 0 spiro atoms. The zero-order valence-electron chi connectivity index (χ0n) is 14.3. The standard InChI is InChI=1S/C19H16BrN3OS2/c1-3-23-16(11-13-6-4-5-9-21-13)26-17(18(23)24)19-22(2)14-8-7-12(20)10-15(14)25-19/h4-11H,3H2,1-2H3/b16-11-,19-17+. The van der Waals surface area contributed by atoms with E-state index in [9.17, 15) is 4.79 Å². The number of nitrogens with zero attached hydrogens (tertiary/aromatic N) is 3. The van der Waals surface area contributed by atoms with Gasteiger partial charge in [0.2, 0.25) is 0 Å². The topological polar surface area (TPSA) is 38.1 Å². The summed E-state index contributed by atoms with van der Waals surface area (Å²) in [5.41, 5.74) is 2.03. The van der Waals surface area contributed by atoms with Crippen molar-refractivity contribution in [1.82, 2.24) is 9.55 Å². The molecule has 4 nitrogen and oxygen atoms in total. The summed E-state index contributed by atoms with van der Waals surface area (Å²) in [6.45, 7) is 2.63. The van der Waals surface area contributed by atoms with Gasteiger partial charge in [-0.15, -0.1) is 11.3 Å². The predicted octanol–water partition coefficient (Wildman–Crippen LogP) is 3.22. The summed E-state index contributed by atoms with van der Waals surface area (Å²) in [6.07, 6.45) is 3.74. The lowest BCUT2D eigenvalue weighted by molar-refractivity contribution is 0.722. The minimum absolute atomic E-state index is 0.0564. The van der Waals surface area contributed by atoms with Gasteiger partial charge in [0.05, 0.1) is 11.4 Å². The summed E-state index contributed by atoms with van der Waals surface area (Å²) in [6, 6.07) is 12.0. The minimum Gasteiger partial charge on any atom is -0.337 e. The maximum atomic E-state index is 13.0. The van der Waals surface area contributed by atoms with Crippen molar-refractivity contribution in [3.05, 3.63) is 72.3 Å². The predicted molar refractivity (Wildman–Crippen MR) is 113 cm³/mol. The van der Waals surface area contributed by atoms with Crippen molar-refractivity contribution in [2.75, 3.05) is 11.9 Å². The number of hydrogen-bond donors (Lipinski definition) is 0. The zero-order valence-corrected chi connectivity index (χ0v) is 17.5. The average molecular weight is 446 g/mol. The molecule has 0 atom stereocenters. The molecular weight excluding hydrogens is 430 g/mol. The Balaban J connectivity index is 1.93. The second-order valence-corrected chi connectivity index (χ2v) is 8.77. The molecule has 132 valence electrons. The Bertz CT molecular complexity index is 1150. The van der Waals surface area contributed by atoms with Crippen LogP contribution in [0.25, 0.3) is 11.1 Å². The van der Waals surface area contributed by atoms with Crippen molar-refractivity contribution in [1.29, 1.82) is 0 Å². The Morgan fingerprint density at radius 1 is 1.27 bits per heavy atom. The first-order valence-corrected chi connectivity index (χ1v) is 10.6. The van der Waals surface area contributed by atoms with Crippen molar-refractivity contribution >= 4 is 55.8 Å². The third-order valence-corrected chi connectivity index (χ3v) is 7.14. The fraction of sp³-hybridized carbons (Fsp3) is 0.158. The van der Waals surface area contributed by atoms with E-state index in [0.29, 0.717) is 6.54 Å². The number of thioether (sulfide) groups is 1. The lowest BCUT2D eigenvalue weighted by Gasteiger charge is -2.12. The molecule has 0 saturated heterocycles. The monoisotopic (exact) mass is 445 g/mol. The lowest BCUT2D eigenvalue weighted by Crippen LogP contribution is -2.33. The second kappa shape index (κ2) is 7.06. The highest BCUT2D eigenvalue weighted by Crippen LogP contribution is 2.46. The van der Waals surface area contributed by atoms with Gasteiger partial charge in [0, 0.05) is 29.2 Å². The van der Waals surface area contributed by atoms with Crippen LogP contribution in [0.5, 0.6) is 0 Å². The molecule has 0 fully saturated rings. The minimum atomic E-state index is 0.0564. The molecule has 0 amide bonds. The first kappa shape index (κ1) is 17.6. The van der Waals surface area contributed by atoms with Gasteiger partial charge < -0.3 is 4.90 Å². The number of hydrogen-bond acceptors (Lipinski definition) is 5. The fourth-order valence-electron chi connectivity index (χ4n) is 2.88. The van der Waals surface area contributed by atoms with Crippen LogP contribution in [-0.4, -0.2) is 16.6 Å². The van der Waals surface area contributed by atoms with Crippen LogP contribution >= 0.6 is 39.0 Å². The number of thiazole rings is 1. The van der Waals surface area contributed by atoms with Gasteiger partial charge in [0.15, 0.2) is 0 Å². The van der Waals surface area contributed by atoms with E-state index in [0.717, 1.165) is 35.0 Å². The highest BCUT2D eigenvalue weighted by atomic mass is 79.9. The van der Waals surface area contributed by atoms with Crippen LogP contribution in [0.2, 0.25) is 0 Å². The molecule has 7 heteroatoms. The van der Waals surface area contributed by atoms with E-state index >= 15 is 0 Å². The number of aromatic nitrogens is 2. The van der Waals surface area contributed by atoms with Crippen LogP contribution in [0.4, 0.5) is 5.69 Å². The lowest BCUT2D eigenvalue weighted by atomic mass is 10.3. The molecule has 2 aromatic heterocycles.